The number of nitrogens with one attached hydrogen (secondary N) is 1. The Hall–Kier alpha value is -3.02. The normalized spacial score (nSPS) is 16.5. The highest BCUT2D eigenvalue weighted by Gasteiger charge is 2.34. The number of likely N-dealkylation sites (tertiary alicyclic amines) is 1. The molecule has 1 N–H and O–H groups in total. The standard InChI is InChI=1S/C20H22N2O4/c1-25-17-8-6-16(7-9-17)21-20(24)15-11-19(23)22(13-15)12-14-4-3-5-18(10-14)26-2/h3-10,15H,11-13H2,1-2H3,(H,21,24)/t15-/m0/s1. The highest BCUT2D eigenvalue weighted by molar-refractivity contribution is 5.97. The summed E-state index contributed by atoms with van der Waals surface area (Å²) in [6.07, 6.45) is 0.228. The lowest BCUT2D eigenvalue weighted by atomic mass is 10.1. The van der Waals surface area contributed by atoms with Gasteiger partial charge in [0.05, 0.1) is 20.1 Å². The van der Waals surface area contributed by atoms with Crippen molar-refractivity contribution in [2.24, 2.45) is 5.92 Å². The molecule has 0 unspecified atom stereocenters. The Balaban J connectivity index is 1.60. The zero-order chi connectivity index (χ0) is 18.5. The molecule has 3 rings (SSSR count). The number of nitrogens with zero attached hydrogens (tertiary/aromatic N) is 1. The zero-order valence-corrected chi connectivity index (χ0v) is 14.9. The van der Waals surface area contributed by atoms with Gasteiger partial charge in [0, 0.05) is 25.2 Å². The van der Waals surface area contributed by atoms with Crippen molar-refractivity contribution in [1.29, 1.82) is 0 Å². The molecule has 0 bridgehead atoms. The van der Waals surface area contributed by atoms with Crippen molar-refractivity contribution in [2.45, 2.75) is 13.0 Å². The topological polar surface area (TPSA) is 67.9 Å². The van der Waals surface area contributed by atoms with Crippen molar-refractivity contribution in [3.05, 3.63) is 54.1 Å². The van der Waals surface area contributed by atoms with Crippen LogP contribution < -0.4 is 14.8 Å². The van der Waals surface area contributed by atoms with E-state index in [0.717, 1.165) is 17.1 Å². The van der Waals surface area contributed by atoms with E-state index in [1.54, 1.807) is 43.4 Å². The fourth-order valence-electron chi connectivity index (χ4n) is 3.01. The summed E-state index contributed by atoms with van der Waals surface area (Å²) in [5, 5.41) is 2.87. The third-order valence-corrected chi connectivity index (χ3v) is 4.45. The third-order valence-electron chi connectivity index (χ3n) is 4.45. The second-order valence-electron chi connectivity index (χ2n) is 6.24. The van der Waals surface area contributed by atoms with Crippen molar-refractivity contribution in [3.8, 4) is 11.5 Å². The van der Waals surface area contributed by atoms with Gasteiger partial charge in [-0.15, -0.1) is 0 Å². The molecule has 0 radical (unpaired) electrons. The Labute approximate surface area is 152 Å². The summed E-state index contributed by atoms with van der Waals surface area (Å²) in [4.78, 5) is 26.5. The van der Waals surface area contributed by atoms with Crippen LogP contribution in [-0.2, 0) is 16.1 Å². The lowest BCUT2D eigenvalue weighted by Gasteiger charge is -2.17. The number of anilines is 1. The lowest BCUT2D eigenvalue weighted by Crippen LogP contribution is -2.28. The fraction of sp³-hybridized carbons (Fsp3) is 0.300. The number of methoxy groups -OCH3 is 2. The van der Waals surface area contributed by atoms with Crippen molar-refractivity contribution in [1.82, 2.24) is 4.90 Å². The van der Waals surface area contributed by atoms with Crippen LogP contribution in [0.5, 0.6) is 11.5 Å². The lowest BCUT2D eigenvalue weighted by molar-refractivity contribution is -0.128. The number of benzene rings is 2. The molecule has 26 heavy (non-hydrogen) atoms. The van der Waals surface area contributed by atoms with Gasteiger partial charge in [0.15, 0.2) is 0 Å². The summed E-state index contributed by atoms with van der Waals surface area (Å²) >= 11 is 0. The SMILES string of the molecule is COc1ccc(NC(=O)[C@H]2CC(=O)N(Cc3cccc(OC)c3)C2)cc1. The molecule has 0 spiro atoms. The van der Waals surface area contributed by atoms with Gasteiger partial charge in [0.1, 0.15) is 11.5 Å². The van der Waals surface area contributed by atoms with Crippen LogP contribution in [0.25, 0.3) is 0 Å². The molecule has 1 saturated heterocycles. The Bertz CT molecular complexity index is 789. The van der Waals surface area contributed by atoms with E-state index < -0.39 is 0 Å². The second kappa shape index (κ2) is 7.91. The number of rotatable bonds is 6. The van der Waals surface area contributed by atoms with E-state index in [-0.39, 0.29) is 24.2 Å². The monoisotopic (exact) mass is 354 g/mol. The van der Waals surface area contributed by atoms with Crippen molar-refractivity contribution in [3.63, 3.8) is 0 Å². The first-order valence-corrected chi connectivity index (χ1v) is 8.44. The van der Waals surface area contributed by atoms with E-state index in [2.05, 4.69) is 5.32 Å². The maximum Gasteiger partial charge on any atom is 0.229 e. The molecule has 1 fully saturated rings. The van der Waals surface area contributed by atoms with E-state index >= 15 is 0 Å². The maximum atomic E-state index is 12.5. The van der Waals surface area contributed by atoms with Crippen LogP contribution in [0.4, 0.5) is 5.69 Å². The predicted octanol–water partition coefficient (Wildman–Crippen LogP) is 2.69. The molecule has 0 saturated carbocycles. The van der Waals surface area contributed by atoms with E-state index in [4.69, 9.17) is 9.47 Å². The van der Waals surface area contributed by atoms with Gasteiger partial charge in [-0.25, -0.2) is 0 Å². The first-order valence-electron chi connectivity index (χ1n) is 8.44. The van der Waals surface area contributed by atoms with Gasteiger partial charge in [-0.3, -0.25) is 9.59 Å². The van der Waals surface area contributed by atoms with Crippen molar-refractivity contribution in [2.75, 3.05) is 26.1 Å². The summed E-state index contributed by atoms with van der Waals surface area (Å²) in [6, 6.07) is 14.7. The molecule has 6 nitrogen and oxygen atoms in total. The van der Waals surface area contributed by atoms with E-state index in [1.165, 1.54) is 0 Å². The molecule has 2 amide bonds. The molecule has 1 heterocycles. The van der Waals surface area contributed by atoms with Crippen molar-refractivity contribution < 1.29 is 19.1 Å². The number of carbonyl (C=O) groups excluding carboxylic acids is 2. The van der Waals surface area contributed by atoms with Crippen LogP contribution in [0.3, 0.4) is 0 Å². The average Bonchev–Trinajstić information content (AvgIpc) is 3.03. The minimum Gasteiger partial charge on any atom is -0.497 e. The van der Waals surface area contributed by atoms with Crippen LogP contribution in [-0.4, -0.2) is 37.5 Å². The summed E-state index contributed by atoms with van der Waals surface area (Å²) in [5.41, 5.74) is 1.67. The number of amides is 2. The molecule has 1 aliphatic rings. The second-order valence-corrected chi connectivity index (χ2v) is 6.24. The minimum atomic E-state index is -0.352. The molecule has 1 aliphatic heterocycles. The molecule has 136 valence electrons. The van der Waals surface area contributed by atoms with Gasteiger partial charge >= 0.3 is 0 Å². The minimum absolute atomic E-state index is 0.0114. The Morgan fingerprint density at radius 3 is 2.54 bits per heavy atom. The molecule has 2 aromatic rings. The Morgan fingerprint density at radius 2 is 1.85 bits per heavy atom. The van der Waals surface area contributed by atoms with Crippen LogP contribution in [0.2, 0.25) is 0 Å². The fourth-order valence-corrected chi connectivity index (χ4v) is 3.01. The number of hydrogen-bond acceptors (Lipinski definition) is 4. The summed E-state index contributed by atoms with van der Waals surface area (Å²) in [6.45, 7) is 0.889. The van der Waals surface area contributed by atoms with Crippen LogP contribution in [0.1, 0.15) is 12.0 Å². The largest absolute Gasteiger partial charge is 0.497 e. The van der Waals surface area contributed by atoms with Gasteiger partial charge in [-0.1, -0.05) is 12.1 Å². The molecule has 1 atom stereocenters. The molecular weight excluding hydrogens is 332 g/mol. The smallest absolute Gasteiger partial charge is 0.229 e. The first kappa shape index (κ1) is 17.8. The molecule has 0 aromatic heterocycles. The zero-order valence-electron chi connectivity index (χ0n) is 14.9. The van der Waals surface area contributed by atoms with Crippen LogP contribution >= 0.6 is 0 Å². The summed E-state index contributed by atoms with van der Waals surface area (Å²) < 4.78 is 10.3. The van der Waals surface area contributed by atoms with Gasteiger partial charge < -0.3 is 19.7 Å². The van der Waals surface area contributed by atoms with Crippen LogP contribution in [0, 0.1) is 5.92 Å². The highest BCUT2D eigenvalue weighted by Crippen LogP contribution is 2.24. The maximum absolute atomic E-state index is 12.5. The summed E-state index contributed by atoms with van der Waals surface area (Å²) in [5.74, 6) is 0.973. The molecule has 6 heteroatoms. The highest BCUT2D eigenvalue weighted by atomic mass is 16.5. The third kappa shape index (κ3) is 4.14. The summed E-state index contributed by atoms with van der Waals surface area (Å²) in [7, 11) is 3.20. The van der Waals surface area contributed by atoms with E-state index in [1.807, 2.05) is 24.3 Å². The van der Waals surface area contributed by atoms with Crippen molar-refractivity contribution >= 4 is 17.5 Å². The van der Waals surface area contributed by atoms with E-state index in [0.29, 0.717) is 18.8 Å². The Kier molecular flexibility index (Phi) is 5.41. The number of ether oxygens (including phenoxy) is 2. The predicted molar refractivity (Wildman–Crippen MR) is 98.1 cm³/mol. The number of hydrogen-bond donors (Lipinski definition) is 1. The van der Waals surface area contributed by atoms with Gasteiger partial charge in [0.25, 0.3) is 0 Å². The average molecular weight is 354 g/mol. The van der Waals surface area contributed by atoms with E-state index in [9.17, 15) is 9.59 Å². The molecule has 2 aromatic carbocycles. The quantitative estimate of drug-likeness (QED) is 0.866. The van der Waals surface area contributed by atoms with Gasteiger partial charge in [-0.2, -0.15) is 0 Å². The molecule has 0 aliphatic carbocycles. The Morgan fingerprint density at radius 1 is 1.12 bits per heavy atom. The first-order chi connectivity index (χ1) is 12.6. The van der Waals surface area contributed by atoms with Crippen LogP contribution in [0.15, 0.2) is 48.5 Å². The van der Waals surface area contributed by atoms with Gasteiger partial charge in [-0.05, 0) is 42.0 Å². The molecular formula is C20H22N2O4. The van der Waals surface area contributed by atoms with Gasteiger partial charge in [0.2, 0.25) is 11.8 Å². The number of carbonyl (C=O) groups is 2.